The Bertz CT molecular complexity index is 722. The molecule has 3 N–H and O–H groups in total. The number of benzene rings is 1. The first-order valence-electron chi connectivity index (χ1n) is 8.81. The third kappa shape index (κ3) is 4.17. The van der Waals surface area contributed by atoms with Crippen LogP contribution in [0.15, 0.2) is 35.3 Å². The van der Waals surface area contributed by atoms with Crippen LogP contribution in [0.2, 0.25) is 0 Å². The van der Waals surface area contributed by atoms with Gasteiger partial charge in [-0.3, -0.25) is 0 Å². The fourth-order valence-electron chi connectivity index (χ4n) is 2.97. The summed E-state index contributed by atoms with van der Waals surface area (Å²) >= 11 is 0. The van der Waals surface area contributed by atoms with E-state index in [0.29, 0.717) is 19.0 Å². The molecule has 134 valence electrons. The second kappa shape index (κ2) is 7.65. The number of hydrogen-bond acceptors (Lipinski definition) is 4. The highest BCUT2D eigenvalue weighted by Crippen LogP contribution is 2.19. The van der Waals surface area contributed by atoms with Gasteiger partial charge in [0.25, 0.3) is 0 Å². The molecule has 1 atom stereocenters. The Balaban J connectivity index is 1.64. The molecule has 0 radical (unpaired) electrons. The molecule has 2 aromatic rings. The van der Waals surface area contributed by atoms with Gasteiger partial charge in [0, 0.05) is 19.5 Å². The summed E-state index contributed by atoms with van der Waals surface area (Å²) < 4.78 is 2.15. The van der Waals surface area contributed by atoms with Crippen LogP contribution in [0.5, 0.6) is 0 Å². The van der Waals surface area contributed by atoms with Gasteiger partial charge in [-0.05, 0) is 25.8 Å². The van der Waals surface area contributed by atoms with Crippen molar-refractivity contribution in [2.75, 3.05) is 13.1 Å². The van der Waals surface area contributed by atoms with Crippen LogP contribution in [-0.4, -0.2) is 38.9 Å². The Morgan fingerprint density at radius 2 is 2.08 bits per heavy atom. The van der Waals surface area contributed by atoms with E-state index in [2.05, 4.69) is 30.4 Å². The number of rotatable bonds is 6. The van der Waals surface area contributed by atoms with Gasteiger partial charge in [-0.2, -0.15) is 0 Å². The molecule has 3 rings (SSSR count). The van der Waals surface area contributed by atoms with E-state index >= 15 is 0 Å². The number of aryl methyl sites for hydroxylation is 1. The zero-order chi connectivity index (χ0) is 17.7. The minimum atomic E-state index is -0.979. The van der Waals surface area contributed by atoms with Crippen molar-refractivity contribution in [1.82, 2.24) is 25.4 Å². The number of guanidine groups is 1. The molecule has 7 nitrogen and oxygen atoms in total. The molecule has 0 saturated carbocycles. The second-order valence-electron chi connectivity index (χ2n) is 6.48. The molecule has 1 aliphatic heterocycles. The number of aromatic nitrogens is 3. The van der Waals surface area contributed by atoms with Gasteiger partial charge >= 0.3 is 0 Å². The van der Waals surface area contributed by atoms with Crippen molar-refractivity contribution in [2.24, 2.45) is 4.99 Å². The third-order valence-electron chi connectivity index (χ3n) is 4.40. The maximum atomic E-state index is 10.7. The minimum Gasteiger partial charge on any atom is -0.384 e. The number of aliphatic imine (C=N–C) groups is 1. The van der Waals surface area contributed by atoms with Crippen LogP contribution >= 0.6 is 0 Å². The van der Waals surface area contributed by atoms with E-state index in [9.17, 15) is 5.11 Å². The van der Waals surface area contributed by atoms with E-state index in [1.54, 1.807) is 6.92 Å². The van der Waals surface area contributed by atoms with Crippen molar-refractivity contribution in [2.45, 2.75) is 45.4 Å². The molecule has 1 unspecified atom stereocenters. The van der Waals surface area contributed by atoms with Crippen molar-refractivity contribution in [1.29, 1.82) is 0 Å². The number of nitrogens with zero attached hydrogens (tertiary/aromatic N) is 4. The molecular weight excluding hydrogens is 316 g/mol. The first-order chi connectivity index (χ1) is 12.1. The molecule has 1 aromatic carbocycles. The van der Waals surface area contributed by atoms with Crippen LogP contribution in [0.25, 0.3) is 0 Å². The van der Waals surface area contributed by atoms with Crippen LogP contribution in [-0.2, 0) is 25.1 Å². The van der Waals surface area contributed by atoms with E-state index in [-0.39, 0.29) is 0 Å². The zero-order valence-corrected chi connectivity index (χ0v) is 14.9. The normalized spacial score (nSPS) is 16.4. The first-order valence-corrected chi connectivity index (χ1v) is 8.81. The first kappa shape index (κ1) is 17.4. The van der Waals surface area contributed by atoms with Crippen LogP contribution < -0.4 is 10.6 Å². The Kier molecular flexibility index (Phi) is 5.33. The zero-order valence-electron chi connectivity index (χ0n) is 14.9. The van der Waals surface area contributed by atoms with Gasteiger partial charge in [-0.1, -0.05) is 30.3 Å². The number of nitrogens with one attached hydrogen (secondary N) is 2. The van der Waals surface area contributed by atoms with Gasteiger partial charge in [-0.25, -0.2) is 4.99 Å². The lowest BCUT2D eigenvalue weighted by Gasteiger charge is -2.25. The summed E-state index contributed by atoms with van der Waals surface area (Å²) in [4.78, 5) is 4.59. The molecule has 7 heteroatoms. The largest absolute Gasteiger partial charge is 0.384 e. The van der Waals surface area contributed by atoms with E-state index < -0.39 is 5.60 Å². The average molecular weight is 342 g/mol. The van der Waals surface area contributed by atoms with Gasteiger partial charge in [0.15, 0.2) is 11.8 Å². The molecule has 0 bridgehead atoms. The van der Waals surface area contributed by atoms with Crippen LogP contribution in [0.3, 0.4) is 0 Å². The van der Waals surface area contributed by atoms with Crippen LogP contribution in [0.4, 0.5) is 0 Å². The second-order valence-corrected chi connectivity index (χ2v) is 6.48. The van der Waals surface area contributed by atoms with Crippen molar-refractivity contribution in [3.63, 3.8) is 0 Å². The Morgan fingerprint density at radius 1 is 1.28 bits per heavy atom. The van der Waals surface area contributed by atoms with Crippen molar-refractivity contribution >= 4 is 5.96 Å². The van der Waals surface area contributed by atoms with E-state index in [0.717, 1.165) is 43.1 Å². The summed E-state index contributed by atoms with van der Waals surface area (Å²) in [6.45, 7) is 6.36. The van der Waals surface area contributed by atoms with Crippen LogP contribution in [0.1, 0.15) is 37.5 Å². The molecule has 25 heavy (non-hydrogen) atoms. The van der Waals surface area contributed by atoms with Gasteiger partial charge in [0.2, 0.25) is 0 Å². The number of hydrogen-bond donors (Lipinski definition) is 3. The number of aliphatic hydroxyl groups is 1. The Labute approximate surface area is 148 Å². The molecule has 0 spiro atoms. The molecule has 1 aliphatic rings. The molecule has 2 heterocycles. The molecule has 0 fully saturated rings. The summed E-state index contributed by atoms with van der Waals surface area (Å²) in [7, 11) is 0. The quantitative estimate of drug-likeness (QED) is 0.542. The highest BCUT2D eigenvalue weighted by atomic mass is 16.3. The van der Waals surface area contributed by atoms with Crippen LogP contribution in [0, 0.1) is 0 Å². The summed E-state index contributed by atoms with van der Waals surface area (Å²) in [5.74, 6) is 2.60. The lowest BCUT2D eigenvalue weighted by atomic mass is 9.96. The van der Waals surface area contributed by atoms with Gasteiger partial charge in [-0.15, -0.1) is 10.2 Å². The predicted octanol–water partition coefficient (Wildman–Crippen LogP) is 1.19. The lowest BCUT2D eigenvalue weighted by Crippen LogP contribution is -2.44. The van der Waals surface area contributed by atoms with E-state index in [1.807, 2.05) is 37.3 Å². The monoisotopic (exact) mass is 342 g/mol. The topological polar surface area (TPSA) is 87.4 Å². The average Bonchev–Trinajstić information content (AvgIpc) is 3.22. The van der Waals surface area contributed by atoms with Gasteiger partial charge < -0.3 is 20.3 Å². The molecule has 0 saturated heterocycles. The highest BCUT2D eigenvalue weighted by molar-refractivity contribution is 5.79. The fourth-order valence-corrected chi connectivity index (χ4v) is 2.97. The van der Waals surface area contributed by atoms with Gasteiger partial charge in [0.1, 0.15) is 18.0 Å². The van der Waals surface area contributed by atoms with Crippen molar-refractivity contribution in [3.8, 4) is 0 Å². The summed E-state index contributed by atoms with van der Waals surface area (Å²) in [6.07, 6.45) is 2.12. The Hall–Kier alpha value is -2.41. The molecule has 0 amide bonds. The summed E-state index contributed by atoms with van der Waals surface area (Å²) in [6, 6.07) is 9.63. The minimum absolute atomic E-state index is 0.362. The van der Waals surface area contributed by atoms with E-state index in [4.69, 9.17) is 0 Å². The van der Waals surface area contributed by atoms with Crippen molar-refractivity contribution < 1.29 is 5.11 Å². The maximum Gasteiger partial charge on any atom is 0.191 e. The Morgan fingerprint density at radius 3 is 2.84 bits per heavy atom. The lowest BCUT2D eigenvalue weighted by molar-refractivity contribution is 0.0617. The smallest absolute Gasteiger partial charge is 0.191 e. The van der Waals surface area contributed by atoms with E-state index in [1.165, 1.54) is 0 Å². The molecule has 1 aromatic heterocycles. The highest BCUT2D eigenvalue weighted by Gasteiger charge is 2.23. The predicted molar refractivity (Wildman–Crippen MR) is 97.2 cm³/mol. The SMILES string of the molecule is CCNC(=NCc1nnc2n1CCC2)NCC(C)(O)c1ccccc1. The standard InChI is InChI=1S/C18H26N6O/c1-3-19-17(20-12-16-23-22-15-10-7-11-24(15)16)21-13-18(2,25)14-8-5-4-6-9-14/h4-6,8-9,25H,3,7,10-13H2,1-2H3,(H2,19,20,21). The third-order valence-corrected chi connectivity index (χ3v) is 4.40. The van der Waals surface area contributed by atoms with Gasteiger partial charge in [0.05, 0.1) is 6.54 Å². The summed E-state index contributed by atoms with van der Waals surface area (Å²) in [5.41, 5.74) is -0.110. The maximum absolute atomic E-state index is 10.7. The molecule has 0 aliphatic carbocycles. The van der Waals surface area contributed by atoms with Crippen molar-refractivity contribution in [3.05, 3.63) is 47.5 Å². The fraction of sp³-hybridized carbons (Fsp3) is 0.500. The molecular formula is C18H26N6O. The summed E-state index contributed by atoms with van der Waals surface area (Å²) in [5, 5.41) is 25.6. The number of fused-ring (bicyclic) bond motifs is 1.